The molecule has 1 aliphatic rings. The van der Waals surface area contributed by atoms with Gasteiger partial charge in [0.2, 0.25) is 0 Å². The largest absolute Gasteiger partial charge is 0.481 e. The number of alkyl halides is 2. The molecule has 0 aliphatic heterocycles. The molecule has 2 rings (SSSR count). The third-order valence-electron chi connectivity index (χ3n) is 4.00. The minimum Gasteiger partial charge on any atom is -0.481 e. The minimum atomic E-state index is -2.91. The van der Waals surface area contributed by atoms with Crippen LogP contribution in [0, 0.1) is 12.3 Å². The Morgan fingerprint density at radius 1 is 1.42 bits per heavy atom. The SMILES string of the molecule is Cc1ccc(C2(C(=O)O)CC2(C)C)cc1OC(F)F. The number of hydrogen-bond acceptors (Lipinski definition) is 2. The van der Waals surface area contributed by atoms with Crippen LogP contribution in [-0.2, 0) is 10.2 Å². The molecule has 1 saturated carbocycles. The standard InChI is InChI=1S/C14H16F2O3/c1-8-4-5-9(6-10(8)19-12(15)16)14(11(17)18)7-13(14,2)3/h4-6,12H,7H2,1-3H3,(H,17,18). The van der Waals surface area contributed by atoms with Crippen molar-refractivity contribution >= 4 is 5.97 Å². The van der Waals surface area contributed by atoms with Crippen molar-refractivity contribution in [3.8, 4) is 5.75 Å². The average molecular weight is 270 g/mol. The normalized spacial score (nSPS) is 24.3. The summed E-state index contributed by atoms with van der Waals surface area (Å²) in [5.41, 5.74) is -0.300. The second-order valence-corrected chi connectivity index (χ2v) is 5.63. The Kier molecular flexibility index (Phi) is 3.03. The number of rotatable bonds is 4. The third-order valence-corrected chi connectivity index (χ3v) is 4.00. The van der Waals surface area contributed by atoms with Gasteiger partial charge in [-0.25, -0.2) is 0 Å². The first-order valence-corrected chi connectivity index (χ1v) is 6.00. The van der Waals surface area contributed by atoms with E-state index in [4.69, 9.17) is 0 Å². The van der Waals surface area contributed by atoms with Gasteiger partial charge < -0.3 is 9.84 Å². The van der Waals surface area contributed by atoms with Crippen LogP contribution in [-0.4, -0.2) is 17.7 Å². The second-order valence-electron chi connectivity index (χ2n) is 5.63. The number of aryl methyl sites for hydroxylation is 1. The summed E-state index contributed by atoms with van der Waals surface area (Å²) in [5.74, 6) is -0.889. The van der Waals surface area contributed by atoms with Crippen LogP contribution >= 0.6 is 0 Å². The van der Waals surface area contributed by atoms with Crippen molar-refractivity contribution in [2.45, 2.75) is 39.2 Å². The van der Waals surface area contributed by atoms with Crippen molar-refractivity contribution in [1.29, 1.82) is 0 Å². The van der Waals surface area contributed by atoms with Gasteiger partial charge >= 0.3 is 12.6 Å². The molecule has 0 radical (unpaired) electrons. The van der Waals surface area contributed by atoms with Crippen LogP contribution in [0.2, 0.25) is 0 Å². The fourth-order valence-electron chi connectivity index (χ4n) is 2.69. The molecule has 1 fully saturated rings. The molecule has 5 heteroatoms. The molecule has 1 N–H and O–H groups in total. The summed E-state index contributed by atoms with van der Waals surface area (Å²) in [7, 11) is 0. The summed E-state index contributed by atoms with van der Waals surface area (Å²) < 4.78 is 29.1. The molecular formula is C14H16F2O3. The van der Waals surface area contributed by atoms with E-state index in [0.717, 1.165) is 0 Å². The van der Waals surface area contributed by atoms with Gasteiger partial charge in [-0.15, -0.1) is 0 Å². The minimum absolute atomic E-state index is 0.0378. The molecule has 0 spiro atoms. The molecule has 1 aromatic carbocycles. The Morgan fingerprint density at radius 3 is 2.42 bits per heavy atom. The van der Waals surface area contributed by atoms with Gasteiger partial charge in [-0.2, -0.15) is 8.78 Å². The number of carboxylic acids is 1. The first-order chi connectivity index (χ1) is 8.70. The highest BCUT2D eigenvalue weighted by atomic mass is 19.3. The quantitative estimate of drug-likeness (QED) is 0.912. The van der Waals surface area contributed by atoms with Gasteiger partial charge in [0.25, 0.3) is 0 Å². The van der Waals surface area contributed by atoms with E-state index >= 15 is 0 Å². The zero-order valence-electron chi connectivity index (χ0n) is 11.0. The van der Waals surface area contributed by atoms with Crippen molar-refractivity contribution in [3.63, 3.8) is 0 Å². The molecule has 0 amide bonds. The summed E-state index contributed by atoms with van der Waals surface area (Å²) in [6.45, 7) is 2.44. The molecule has 19 heavy (non-hydrogen) atoms. The fraction of sp³-hybridized carbons (Fsp3) is 0.500. The third kappa shape index (κ3) is 2.07. The van der Waals surface area contributed by atoms with Crippen molar-refractivity contribution < 1.29 is 23.4 Å². The van der Waals surface area contributed by atoms with E-state index in [-0.39, 0.29) is 11.2 Å². The van der Waals surface area contributed by atoms with Crippen LogP contribution in [0.25, 0.3) is 0 Å². The monoisotopic (exact) mass is 270 g/mol. The van der Waals surface area contributed by atoms with Gasteiger partial charge in [-0.1, -0.05) is 26.0 Å². The highest BCUT2D eigenvalue weighted by Crippen LogP contribution is 2.64. The molecule has 0 heterocycles. The fourth-order valence-corrected chi connectivity index (χ4v) is 2.69. The van der Waals surface area contributed by atoms with Gasteiger partial charge in [0.05, 0.1) is 5.41 Å². The van der Waals surface area contributed by atoms with E-state index < -0.39 is 18.0 Å². The Hall–Kier alpha value is -1.65. The van der Waals surface area contributed by atoms with E-state index in [1.807, 2.05) is 13.8 Å². The summed E-state index contributed by atoms with van der Waals surface area (Å²) in [6, 6.07) is 4.72. The number of hydrogen-bond donors (Lipinski definition) is 1. The molecular weight excluding hydrogens is 254 g/mol. The molecule has 1 atom stereocenters. The van der Waals surface area contributed by atoms with Crippen molar-refractivity contribution in [1.82, 2.24) is 0 Å². The highest BCUT2D eigenvalue weighted by Gasteiger charge is 2.67. The molecule has 3 nitrogen and oxygen atoms in total. The first kappa shape index (κ1) is 13.8. The van der Waals surface area contributed by atoms with Crippen LogP contribution in [0.4, 0.5) is 8.78 Å². The summed E-state index contributed by atoms with van der Waals surface area (Å²) in [5, 5.41) is 9.45. The Labute approximate surface area is 110 Å². The smallest absolute Gasteiger partial charge is 0.387 e. The first-order valence-electron chi connectivity index (χ1n) is 6.00. The lowest BCUT2D eigenvalue weighted by Crippen LogP contribution is -2.25. The van der Waals surface area contributed by atoms with Gasteiger partial charge in [0.15, 0.2) is 0 Å². The highest BCUT2D eigenvalue weighted by molar-refractivity contribution is 5.87. The zero-order chi connectivity index (χ0) is 14.4. The maximum absolute atomic E-state index is 12.3. The van der Waals surface area contributed by atoms with Crippen molar-refractivity contribution in [3.05, 3.63) is 29.3 Å². The van der Waals surface area contributed by atoms with Gasteiger partial charge in [0, 0.05) is 0 Å². The number of carbonyl (C=O) groups is 1. The van der Waals surface area contributed by atoms with Crippen LogP contribution in [0.3, 0.4) is 0 Å². The van der Waals surface area contributed by atoms with Crippen LogP contribution in [0.5, 0.6) is 5.75 Å². The van der Waals surface area contributed by atoms with Crippen LogP contribution in [0.1, 0.15) is 31.4 Å². The molecule has 1 aromatic rings. The number of halogens is 2. The van der Waals surface area contributed by atoms with E-state index in [2.05, 4.69) is 4.74 Å². The van der Waals surface area contributed by atoms with E-state index in [9.17, 15) is 18.7 Å². The molecule has 0 aromatic heterocycles. The molecule has 1 aliphatic carbocycles. The maximum atomic E-state index is 12.3. The molecule has 0 saturated heterocycles. The lowest BCUT2D eigenvalue weighted by molar-refractivity contribution is -0.141. The Morgan fingerprint density at radius 2 is 2.00 bits per heavy atom. The van der Waals surface area contributed by atoms with Gasteiger partial charge in [-0.3, -0.25) is 4.79 Å². The summed E-state index contributed by atoms with van der Waals surface area (Å²) in [4.78, 5) is 11.5. The van der Waals surface area contributed by atoms with E-state index in [0.29, 0.717) is 17.5 Å². The predicted octanol–water partition coefficient (Wildman–Crippen LogP) is 3.35. The van der Waals surface area contributed by atoms with Crippen LogP contribution < -0.4 is 4.74 Å². The lowest BCUT2D eigenvalue weighted by atomic mass is 9.87. The van der Waals surface area contributed by atoms with E-state index in [1.165, 1.54) is 6.07 Å². The Bertz CT molecular complexity index is 525. The molecule has 1 unspecified atom stereocenters. The van der Waals surface area contributed by atoms with Crippen molar-refractivity contribution in [2.75, 3.05) is 0 Å². The van der Waals surface area contributed by atoms with Crippen LogP contribution in [0.15, 0.2) is 18.2 Å². The number of aliphatic carboxylic acids is 1. The number of carboxylic acid groups (broad SMARTS) is 1. The lowest BCUT2D eigenvalue weighted by Gasteiger charge is -2.18. The maximum Gasteiger partial charge on any atom is 0.387 e. The zero-order valence-corrected chi connectivity index (χ0v) is 11.0. The van der Waals surface area contributed by atoms with Gasteiger partial charge in [-0.05, 0) is 36.0 Å². The van der Waals surface area contributed by atoms with Crippen molar-refractivity contribution in [2.24, 2.45) is 5.41 Å². The molecule has 104 valence electrons. The number of ether oxygens (including phenoxy) is 1. The summed E-state index contributed by atoms with van der Waals surface area (Å²) >= 11 is 0. The van der Waals surface area contributed by atoms with Gasteiger partial charge in [0.1, 0.15) is 5.75 Å². The number of benzene rings is 1. The average Bonchev–Trinajstić information content (AvgIpc) is 2.86. The molecule has 0 bridgehead atoms. The predicted molar refractivity (Wildman–Crippen MR) is 65.5 cm³/mol. The summed E-state index contributed by atoms with van der Waals surface area (Å²) in [6.07, 6.45) is 0.493. The van der Waals surface area contributed by atoms with E-state index in [1.54, 1.807) is 19.1 Å². The second kappa shape index (κ2) is 4.18. The topological polar surface area (TPSA) is 46.5 Å². The Balaban J connectivity index is 2.44.